The van der Waals surface area contributed by atoms with Crippen LogP contribution in [0.3, 0.4) is 0 Å². The van der Waals surface area contributed by atoms with Crippen LogP contribution in [-0.4, -0.2) is 12.5 Å². The molecule has 1 fully saturated rings. The molecule has 1 aromatic rings. The first-order chi connectivity index (χ1) is 8.25. The van der Waals surface area contributed by atoms with Gasteiger partial charge in [-0.3, -0.25) is 4.79 Å². The first-order valence-electron chi connectivity index (χ1n) is 6.28. The SMILES string of the molecule is O=C(NCCCC1CCCC1)c1csc(I)c1. The van der Waals surface area contributed by atoms with Gasteiger partial charge in [0.05, 0.1) is 8.45 Å². The highest BCUT2D eigenvalue weighted by Gasteiger charge is 2.14. The molecule has 1 saturated carbocycles. The molecule has 1 aromatic heterocycles. The highest BCUT2D eigenvalue weighted by atomic mass is 127. The monoisotopic (exact) mass is 363 g/mol. The Bertz CT molecular complexity index is 371. The van der Waals surface area contributed by atoms with Gasteiger partial charge in [-0.1, -0.05) is 25.7 Å². The van der Waals surface area contributed by atoms with Crippen molar-refractivity contribution in [2.45, 2.75) is 38.5 Å². The Kier molecular flexibility index (Phi) is 5.28. The van der Waals surface area contributed by atoms with Crippen molar-refractivity contribution in [3.8, 4) is 0 Å². The predicted molar refractivity (Wildman–Crippen MR) is 80.6 cm³/mol. The minimum absolute atomic E-state index is 0.0792. The van der Waals surface area contributed by atoms with E-state index >= 15 is 0 Å². The molecule has 1 aliphatic carbocycles. The maximum Gasteiger partial charge on any atom is 0.252 e. The molecule has 0 unspecified atom stereocenters. The summed E-state index contributed by atoms with van der Waals surface area (Å²) in [5, 5.41) is 4.93. The van der Waals surface area contributed by atoms with Gasteiger partial charge in [-0.05, 0) is 47.4 Å². The number of carbonyl (C=O) groups excluding carboxylic acids is 1. The van der Waals surface area contributed by atoms with E-state index in [0.29, 0.717) is 0 Å². The number of thiophene rings is 1. The number of hydrogen-bond acceptors (Lipinski definition) is 2. The van der Waals surface area contributed by atoms with Crippen LogP contribution in [0.15, 0.2) is 11.4 Å². The summed E-state index contributed by atoms with van der Waals surface area (Å²) in [5.74, 6) is 1.00. The van der Waals surface area contributed by atoms with E-state index < -0.39 is 0 Å². The lowest BCUT2D eigenvalue weighted by molar-refractivity contribution is 0.0953. The Morgan fingerprint density at radius 2 is 2.24 bits per heavy atom. The fraction of sp³-hybridized carbons (Fsp3) is 0.615. The van der Waals surface area contributed by atoms with Gasteiger partial charge < -0.3 is 5.32 Å². The van der Waals surface area contributed by atoms with E-state index in [1.165, 1.54) is 35.0 Å². The second-order valence-electron chi connectivity index (χ2n) is 4.69. The van der Waals surface area contributed by atoms with Crippen LogP contribution in [0, 0.1) is 8.80 Å². The Labute approximate surface area is 120 Å². The second-order valence-corrected chi connectivity index (χ2v) is 7.49. The molecule has 0 spiro atoms. The molecule has 17 heavy (non-hydrogen) atoms. The van der Waals surface area contributed by atoms with Gasteiger partial charge in [0.1, 0.15) is 0 Å². The van der Waals surface area contributed by atoms with Crippen LogP contribution in [0.5, 0.6) is 0 Å². The molecule has 1 aliphatic rings. The number of carbonyl (C=O) groups is 1. The van der Waals surface area contributed by atoms with Crippen molar-refractivity contribution in [3.05, 3.63) is 19.9 Å². The first kappa shape index (κ1) is 13.3. The highest BCUT2D eigenvalue weighted by Crippen LogP contribution is 2.28. The van der Waals surface area contributed by atoms with E-state index in [4.69, 9.17) is 0 Å². The van der Waals surface area contributed by atoms with Gasteiger partial charge in [0, 0.05) is 11.9 Å². The molecule has 1 amide bonds. The summed E-state index contributed by atoms with van der Waals surface area (Å²) in [6.07, 6.45) is 8.02. The van der Waals surface area contributed by atoms with Gasteiger partial charge in [0.2, 0.25) is 0 Å². The average Bonchev–Trinajstić information content (AvgIpc) is 2.95. The largest absolute Gasteiger partial charge is 0.352 e. The van der Waals surface area contributed by atoms with Gasteiger partial charge in [-0.2, -0.15) is 0 Å². The molecule has 94 valence electrons. The van der Waals surface area contributed by atoms with Crippen LogP contribution in [0.1, 0.15) is 48.9 Å². The van der Waals surface area contributed by atoms with Gasteiger partial charge >= 0.3 is 0 Å². The summed E-state index contributed by atoms with van der Waals surface area (Å²) < 4.78 is 1.17. The summed E-state index contributed by atoms with van der Waals surface area (Å²) >= 11 is 3.86. The van der Waals surface area contributed by atoms with Gasteiger partial charge in [-0.25, -0.2) is 0 Å². The zero-order chi connectivity index (χ0) is 12.1. The molecule has 2 rings (SSSR count). The van der Waals surface area contributed by atoms with Crippen LogP contribution in [0.2, 0.25) is 0 Å². The van der Waals surface area contributed by atoms with E-state index in [-0.39, 0.29) is 5.91 Å². The quantitative estimate of drug-likeness (QED) is 0.621. The zero-order valence-electron chi connectivity index (χ0n) is 9.88. The third-order valence-electron chi connectivity index (χ3n) is 3.38. The second kappa shape index (κ2) is 6.73. The number of halogens is 1. The molecule has 0 aliphatic heterocycles. The van der Waals surface area contributed by atoms with Crippen LogP contribution >= 0.6 is 33.9 Å². The predicted octanol–water partition coefficient (Wildman–Crippen LogP) is 4.05. The molecule has 0 radical (unpaired) electrons. The lowest BCUT2D eigenvalue weighted by Crippen LogP contribution is -2.24. The maximum absolute atomic E-state index is 11.7. The molecule has 0 saturated heterocycles. The zero-order valence-corrected chi connectivity index (χ0v) is 12.9. The molecule has 2 nitrogen and oxygen atoms in total. The van der Waals surface area contributed by atoms with Crippen molar-refractivity contribution in [1.29, 1.82) is 0 Å². The van der Waals surface area contributed by atoms with Crippen molar-refractivity contribution in [3.63, 3.8) is 0 Å². The molecule has 1 N–H and O–H groups in total. The normalized spacial score (nSPS) is 16.3. The highest BCUT2D eigenvalue weighted by molar-refractivity contribution is 14.1. The first-order valence-corrected chi connectivity index (χ1v) is 8.24. The Balaban J connectivity index is 1.63. The van der Waals surface area contributed by atoms with E-state index in [1.54, 1.807) is 11.3 Å². The summed E-state index contributed by atoms with van der Waals surface area (Å²) in [6, 6.07) is 1.94. The van der Waals surface area contributed by atoms with Crippen LogP contribution in [-0.2, 0) is 0 Å². The smallest absolute Gasteiger partial charge is 0.252 e. The third-order valence-corrected chi connectivity index (χ3v) is 5.17. The topological polar surface area (TPSA) is 29.1 Å². The number of amides is 1. The maximum atomic E-state index is 11.7. The summed E-state index contributed by atoms with van der Waals surface area (Å²) in [4.78, 5) is 11.7. The minimum atomic E-state index is 0.0792. The number of hydrogen-bond donors (Lipinski definition) is 1. The van der Waals surface area contributed by atoms with Crippen molar-refractivity contribution in [2.24, 2.45) is 5.92 Å². The van der Waals surface area contributed by atoms with Crippen molar-refractivity contribution < 1.29 is 4.79 Å². The molecule has 1 heterocycles. The van der Waals surface area contributed by atoms with Crippen molar-refractivity contribution in [2.75, 3.05) is 6.54 Å². The summed E-state index contributed by atoms with van der Waals surface area (Å²) in [6.45, 7) is 0.821. The number of nitrogens with one attached hydrogen (secondary N) is 1. The molecule has 4 heteroatoms. The molecule has 0 aromatic carbocycles. The summed E-state index contributed by atoms with van der Waals surface area (Å²) in [5.41, 5.74) is 0.806. The Hall–Kier alpha value is -0.100. The van der Waals surface area contributed by atoms with Crippen LogP contribution < -0.4 is 5.32 Å². The van der Waals surface area contributed by atoms with E-state index in [2.05, 4.69) is 27.9 Å². The van der Waals surface area contributed by atoms with E-state index in [9.17, 15) is 4.79 Å². The molecule has 0 bridgehead atoms. The van der Waals surface area contributed by atoms with Crippen LogP contribution in [0.25, 0.3) is 0 Å². The van der Waals surface area contributed by atoms with Crippen LogP contribution in [0.4, 0.5) is 0 Å². The van der Waals surface area contributed by atoms with Gasteiger partial charge in [0.25, 0.3) is 5.91 Å². The minimum Gasteiger partial charge on any atom is -0.352 e. The summed E-state index contributed by atoms with van der Waals surface area (Å²) in [7, 11) is 0. The van der Waals surface area contributed by atoms with Crippen molar-refractivity contribution in [1.82, 2.24) is 5.32 Å². The number of rotatable bonds is 5. The lowest BCUT2D eigenvalue weighted by atomic mass is 10.0. The third kappa shape index (κ3) is 4.25. The molecular formula is C13H18INOS. The molecular weight excluding hydrogens is 345 g/mol. The Morgan fingerprint density at radius 3 is 2.88 bits per heavy atom. The van der Waals surface area contributed by atoms with Gasteiger partial charge in [0.15, 0.2) is 0 Å². The average molecular weight is 363 g/mol. The standard InChI is InChI=1S/C13H18INOS/c14-12-8-11(9-17-12)13(16)15-7-3-6-10-4-1-2-5-10/h8-10H,1-7H2,(H,15,16). The fourth-order valence-corrected chi connectivity index (χ4v) is 3.75. The lowest BCUT2D eigenvalue weighted by Gasteiger charge is -2.08. The fourth-order valence-electron chi connectivity index (χ4n) is 2.42. The van der Waals surface area contributed by atoms with E-state index in [1.807, 2.05) is 11.4 Å². The van der Waals surface area contributed by atoms with E-state index in [0.717, 1.165) is 24.4 Å². The Morgan fingerprint density at radius 1 is 1.47 bits per heavy atom. The van der Waals surface area contributed by atoms with Gasteiger partial charge in [-0.15, -0.1) is 11.3 Å². The van der Waals surface area contributed by atoms with Crippen molar-refractivity contribution >= 4 is 39.8 Å². The molecule has 0 atom stereocenters.